The molecule has 2 aromatic carbocycles. The fraction of sp³-hybridized carbons (Fsp3) is 0.333. The number of Topliss-reactive ketones (excluding diaryl/α,β-unsaturated/α-hetero) is 1. The van der Waals surface area contributed by atoms with Gasteiger partial charge in [0.1, 0.15) is 0 Å². The second-order valence-corrected chi connectivity index (χ2v) is 6.90. The van der Waals surface area contributed by atoms with Crippen LogP contribution in [-0.2, 0) is 0 Å². The standard InChI is InChI=1S/C21H25N3O2/c1-16-4-3-5-18(14-16)21(26)22-19-8-6-17(7-9-19)20(25)15-24-12-10-23(2)11-13-24/h3-9,14H,10-13,15H2,1-2H3,(H,22,26). The molecule has 5 nitrogen and oxygen atoms in total. The molecule has 3 rings (SSSR count). The van der Waals surface area contributed by atoms with Crippen molar-refractivity contribution < 1.29 is 9.59 Å². The minimum absolute atomic E-state index is 0.117. The third-order valence-electron chi connectivity index (χ3n) is 4.71. The molecule has 1 heterocycles. The first-order valence-electron chi connectivity index (χ1n) is 8.93. The van der Waals surface area contributed by atoms with E-state index < -0.39 is 0 Å². The maximum atomic E-state index is 12.4. The molecule has 1 N–H and O–H groups in total. The van der Waals surface area contributed by atoms with Gasteiger partial charge in [0, 0.05) is 43.0 Å². The van der Waals surface area contributed by atoms with Gasteiger partial charge in [0.05, 0.1) is 6.54 Å². The van der Waals surface area contributed by atoms with Crippen LogP contribution in [0.4, 0.5) is 5.69 Å². The van der Waals surface area contributed by atoms with Crippen molar-refractivity contribution in [2.45, 2.75) is 6.92 Å². The number of ketones is 1. The number of nitrogens with zero attached hydrogens (tertiary/aromatic N) is 2. The van der Waals surface area contributed by atoms with Crippen LogP contribution in [0.3, 0.4) is 0 Å². The van der Waals surface area contributed by atoms with Crippen molar-refractivity contribution in [3.05, 3.63) is 65.2 Å². The van der Waals surface area contributed by atoms with Crippen molar-refractivity contribution in [3.8, 4) is 0 Å². The van der Waals surface area contributed by atoms with E-state index in [1.807, 2.05) is 25.1 Å². The van der Waals surface area contributed by atoms with Gasteiger partial charge in [-0.2, -0.15) is 0 Å². The van der Waals surface area contributed by atoms with E-state index in [0.29, 0.717) is 23.4 Å². The van der Waals surface area contributed by atoms with Crippen LogP contribution in [0.25, 0.3) is 0 Å². The first kappa shape index (κ1) is 18.3. The predicted molar refractivity (Wildman–Crippen MR) is 104 cm³/mol. The van der Waals surface area contributed by atoms with Crippen molar-refractivity contribution in [2.24, 2.45) is 0 Å². The lowest BCUT2D eigenvalue weighted by molar-refractivity contribution is 0.0876. The minimum Gasteiger partial charge on any atom is -0.322 e. The molecule has 0 bridgehead atoms. The van der Waals surface area contributed by atoms with E-state index in [1.54, 1.807) is 30.3 Å². The molecule has 1 aliphatic rings. The molecule has 2 aromatic rings. The summed E-state index contributed by atoms with van der Waals surface area (Å²) in [4.78, 5) is 29.2. The van der Waals surface area contributed by atoms with Gasteiger partial charge in [-0.1, -0.05) is 17.7 Å². The Balaban J connectivity index is 1.57. The van der Waals surface area contributed by atoms with Crippen molar-refractivity contribution in [1.82, 2.24) is 9.80 Å². The predicted octanol–water partition coefficient (Wildman–Crippen LogP) is 2.68. The van der Waals surface area contributed by atoms with Crippen LogP contribution in [0.1, 0.15) is 26.3 Å². The lowest BCUT2D eigenvalue weighted by atomic mass is 10.1. The number of amides is 1. The van der Waals surface area contributed by atoms with Crippen LogP contribution in [0.5, 0.6) is 0 Å². The van der Waals surface area contributed by atoms with Crippen LogP contribution >= 0.6 is 0 Å². The molecule has 1 amide bonds. The summed E-state index contributed by atoms with van der Waals surface area (Å²) in [7, 11) is 2.10. The smallest absolute Gasteiger partial charge is 0.255 e. The normalized spacial score (nSPS) is 15.6. The average Bonchev–Trinajstić information content (AvgIpc) is 2.64. The number of aryl methyl sites for hydroxylation is 1. The Morgan fingerprint density at radius 2 is 1.65 bits per heavy atom. The van der Waals surface area contributed by atoms with E-state index in [-0.39, 0.29) is 11.7 Å². The van der Waals surface area contributed by atoms with Crippen LogP contribution in [0.2, 0.25) is 0 Å². The molecule has 1 fully saturated rings. The molecule has 136 valence electrons. The van der Waals surface area contributed by atoms with Crippen LogP contribution in [0.15, 0.2) is 48.5 Å². The highest BCUT2D eigenvalue weighted by Crippen LogP contribution is 2.13. The molecule has 1 saturated heterocycles. The highest BCUT2D eigenvalue weighted by molar-refractivity contribution is 6.04. The quantitative estimate of drug-likeness (QED) is 0.842. The average molecular weight is 351 g/mol. The van der Waals surface area contributed by atoms with E-state index in [0.717, 1.165) is 31.7 Å². The molecule has 5 heteroatoms. The minimum atomic E-state index is -0.148. The second kappa shape index (κ2) is 8.25. The highest BCUT2D eigenvalue weighted by Gasteiger charge is 2.17. The van der Waals surface area contributed by atoms with Gasteiger partial charge in [-0.05, 0) is 50.4 Å². The topological polar surface area (TPSA) is 52.7 Å². The third kappa shape index (κ3) is 4.77. The molecular formula is C21H25N3O2. The Kier molecular flexibility index (Phi) is 5.81. The molecule has 26 heavy (non-hydrogen) atoms. The van der Waals surface area contributed by atoms with Gasteiger partial charge in [-0.15, -0.1) is 0 Å². The Bertz CT molecular complexity index is 778. The lowest BCUT2D eigenvalue weighted by Crippen LogP contribution is -2.46. The van der Waals surface area contributed by atoms with Crippen molar-refractivity contribution in [3.63, 3.8) is 0 Å². The Morgan fingerprint density at radius 1 is 0.962 bits per heavy atom. The number of hydrogen-bond donors (Lipinski definition) is 1. The summed E-state index contributed by atoms with van der Waals surface area (Å²) in [6.07, 6.45) is 0. The van der Waals surface area contributed by atoms with Crippen LogP contribution in [-0.4, -0.2) is 61.3 Å². The largest absolute Gasteiger partial charge is 0.322 e. The van der Waals surface area contributed by atoms with Gasteiger partial charge in [0.2, 0.25) is 0 Å². The van der Waals surface area contributed by atoms with E-state index in [9.17, 15) is 9.59 Å². The molecular weight excluding hydrogens is 326 g/mol. The first-order chi connectivity index (χ1) is 12.5. The van der Waals surface area contributed by atoms with Crippen LogP contribution < -0.4 is 5.32 Å². The molecule has 0 radical (unpaired) electrons. The first-order valence-corrected chi connectivity index (χ1v) is 8.93. The van der Waals surface area contributed by atoms with Crippen LogP contribution in [0, 0.1) is 6.92 Å². The molecule has 0 spiro atoms. The number of nitrogens with one attached hydrogen (secondary N) is 1. The zero-order valence-electron chi connectivity index (χ0n) is 15.4. The zero-order chi connectivity index (χ0) is 18.5. The third-order valence-corrected chi connectivity index (χ3v) is 4.71. The summed E-state index contributed by atoms with van der Waals surface area (Å²) in [6, 6.07) is 14.6. The monoisotopic (exact) mass is 351 g/mol. The molecule has 0 unspecified atom stereocenters. The SMILES string of the molecule is Cc1cccc(C(=O)Nc2ccc(C(=O)CN3CCN(C)CC3)cc2)c1. The van der Waals surface area contributed by atoms with Crippen molar-refractivity contribution in [1.29, 1.82) is 0 Å². The number of likely N-dealkylation sites (N-methyl/N-ethyl adjacent to an activating group) is 1. The fourth-order valence-electron chi connectivity index (χ4n) is 3.03. The van der Waals surface area contributed by atoms with Gasteiger partial charge in [0.25, 0.3) is 5.91 Å². The summed E-state index contributed by atoms with van der Waals surface area (Å²) in [5, 5.41) is 2.87. The number of anilines is 1. The fourth-order valence-corrected chi connectivity index (χ4v) is 3.03. The summed E-state index contributed by atoms with van der Waals surface area (Å²) >= 11 is 0. The summed E-state index contributed by atoms with van der Waals surface area (Å²) in [5.41, 5.74) is 3.04. The van der Waals surface area contributed by atoms with Gasteiger partial charge < -0.3 is 10.2 Å². The number of carbonyl (C=O) groups excluding carboxylic acids is 2. The summed E-state index contributed by atoms with van der Waals surface area (Å²) < 4.78 is 0. The van der Waals surface area contributed by atoms with Crippen molar-refractivity contribution >= 4 is 17.4 Å². The van der Waals surface area contributed by atoms with Gasteiger partial charge in [-0.3, -0.25) is 14.5 Å². The number of carbonyl (C=O) groups is 2. The molecule has 0 aromatic heterocycles. The Morgan fingerprint density at radius 3 is 2.31 bits per heavy atom. The zero-order valence-corrected chi connectivity index (χ0v) is 15.4. The number of benzene rings is 2. The Labute approximate surface area is 154 Å². The van der Waals surface area contributed by atoms with E-state index >= 15 is 0 Å². The molecule has 0 atom stereocenters. The van der Waals surface area contributed by atoms with Gasteiger partial charge in [0.15, 0.2) is 5.78 Å². The number of rotatable bonds is 5. The highest BCUT2D eigenvalue weighted by atomic mass is 16.1. The maximum Gasteiger partial charge on any atom is 0.255 e. The lowest BCUT2D eigenvalue weighted by Gasteiger charge is -2.31. The van der Waals surface area contributed by atoms with E-state index in [4.69, 9.17) is 0 Å². The second-order valence-electron chi connectivity index (χ2n) is 6.90. The summed E-state index contributed by atoms with van der Waals surface area (Å²) in [5.74, 6) is -0.0312. The molecule has 0 saturated carbocycles. The maximum absolute atomic E-state index is 12.4. The van der Waals surface area contributed by atoms with E-state index in [2.05, 4.69) is 22.2 Å². The number of hydrogen-bond acceptors (Lipinski definition) is 4. The number of piperazine rings is 1. The summed E-state index contributed by atoms with van der Waals surface area (Å²) in [6.45, 7) is 6.24. The molecule has 0 aliphatic carbocycles. The molecule has 1 aliphatic heterocycles. The van der Waals surface area contributed by atoms with Crippen molar-refractivity contribution in [2.75, 3.05) is 45.1 Å². The van der Waals surface area contributed by atoms with E-state index in [1.165, 1.54) is 0 Å². The van der Waals surface area contributed by atoms with Gasteiger partial charge >= 0.3 is 0 Å². The van der Waals surface area contributed by atoms with Gasteiger partial charge in [-0.25, -0.2) is 0 Å². The Hall–Kier alpha value is -2.50.